The van der Waals surface area contributed by atoms with Gasteiger partial charge in [0.1, 0.15) is 11.8 Å². The van der Waals surface area contributed by atoms with Gasteiger partial charge in [-0.2, -0.15) is 0 Å². The number of phenolic OH excluding ortho intramolecular Hbond substituents is 1. The number of carbonyl (C=O) groups is 3. The van der Waals surface area contributed by atoms with E-state index in [1.165, 1.54) is 32.1 Å². The lowest BCUT2D eigenvalue weighted by Gasteiger charge is -2.21. The Morgan fingerprint density at radius 3 is 2.41 bits per heavy atom. The Morgan fingerprint density at radius 2 is 1.76 bits per heavy atom. The third-order valence-corrected chi connectivity index (χ3v) is 5.48. The second-order valence-corrected chi connectivity index (χ2v) is 7.89. The number of primary amides is 1. The highest BCUT2D eigenvalue weighted by Gasteiger charge is 2.21. The summed E-state index contributed by atoms with van der Waals surface area (Å²) in [7, 11) is 0. The lowest BCUT2D eigenvalue weighted by molar-refractivity contribution is -0.130. The van der Waals surface area contributed by atoms with Crippen LogP contribution < -0.4 is 16.4 Å². The predicted molar refractivity (Wildman–Crippen MR) is 111 cm³/mol. The maximum atomic E-state index is 12.1. The first kappa shape index (κ1) is 22.7. The molecule has 7 nitrogen and oxygen atoms in total. The van der Waals surface area contributed by atoms with Crippen LogP contribution in [-0.2, 0) is 20.8 Å². The highest BCUT2D eigenvalue weighted by atomic mass is 16.3. The molecule has 3 amide bonds. The number of hydrogen-bond donors (Lipinski definition) is 4. The Kier molecular flexibility index (Phi) is 9.47. The quantitative estimate of drug-likeness (QED) is 0.452. The van der Waals surface area contributed by atoms with Gasteiger partial charge >= 0.3 is 0 Å². The molecule has 5 N–H and O–H groups in total. The van der Waals surface area contributed by atoms with Gasteiger partial charge in [-0.15, -0.1) is 0 Å². The molecular formula is C22H33N3O4. The van der Waals surface area contributed by atoms with Crippen LogP contribution >= 0.6 is 0 Å². The summed E-state index contributed by atoms with van der Waals surface area (Å²) < 4.78 is 0. The van der Waals surface area contributed by atoms with Crippen molar-refractivity contribution in [2.75, 3.05) is 6.54 Å². The molecule has 1 atom stereocenters. The third-order valence-electron chi connectivity index (χ3n) is 5.48. The molecule has 1 aromatic rings. The van der Waals surface area contributed by atoms with Crippen molar-refractivity contribution in [3.8, 4) is 5.75 Å². The van der Waals surface area contributed by atoms with Crippen molar-refractivity contribution in [3.63, 3.8) is 0 Å². The average molecular weight is 404 g/mol. The molecule has 1 aliphatic rings. The zero-order valence-corrected chi connectivity index (χ0v) is 17.0. The lowest BCUT2D eigenvalue weighted by atomic mass is 9.86. The molecule has 29 heavy (non-hydrogen) atoms. The van der Waals surface area contributed by atoms with Gasteiger partial charge < -0.3 is 21.5 Å². The van der Waals surface area contributed by atoms with Crippen LogP contribution in [0, 0.1) is 5.92 Å². The van der Waals surface area contributed by atoms with E-state index in [0.717, 1.165) is 18.4 Å². The lowest BCUT2D eigenvalue weighted by Crippen LogP contribution is -2.47. The largest absolute Gasteiger partial charge is 0.508 e. The molecule has 0 saturated heterocycles. The average Bonchev–Trinajstić information content (AvgIpc) is 2.70. The molecule has 1 unspecified atom stereocenters. The van der Waals surface area contributed by atoms with E-state index in [1.807, 2.05) is 0 Å². The number of amides is 3. The van der Waals surface area contributed by atoms with Crippen LogP contribution in [0.2, 0.25) is 0 Å². The second kappa shape index (κ2) is 12.1. The number of carbonyl (C=O) groups excluding carboxylic acids is 3. The first-order chi connectivity index (χ1) is 13.9. The fourth-order valence-corrected chi connectivity index (χ4v) is 3.78. The summed E-state index contributed by atoms with van der Waals surface area (Å²) in [5.74, 6) is -0.379. The number of nitrogens with one attached hydrogen (secondary N) is 2. The number of phenols is 1. The zero-order chi connectivity index (χ0) is 21.1. The highest BCUT2D eigenvalue weighted by Crippen LogP contribution is 2.27. The van der Waals surface area contributed by atoms with Gasteiger partial charge in [0, 0.05) is 13.0 Å². The number of nitrogens with two attached hydrogens (primary N) is 1. The Bertz CT molecular complexity index is 669. The van der Waals surface area contributed by atoms with E-state index in [2.05, 4.69) is 10.6 Å². The Hall–Kier alpha value is -2.57. The molecule has 1 fully saturated rings. The van der Waals surface area contributed by atoms with Crippen LogP contribution in [0.4, 0.5) is 0 Å². The summed E-state index contributed by atoms with van der Waals surface area (Å²) in [5, 5.41) is 14.6. The number of hydrogen-bond acceptors (Lipinski definition) is 4. The van der Waals surface area contributed by atoms with Gasteiger partial charge in [0.2, 0.25) is 17.7 Å². The summed E-state index contributed by atoms with van der Waals surface area (Å²) in [6.07, 6.45) is 8.97. The van der Waals surface area contributed by atoms with Gasteiger partial charge in [0.15, 0.2) is 0 Å². The molecule has 0 aliphatic heterocycles. The van der Waals surface area contributed by atoms with Gasteiger partial charge in [0.25, 0.3) is 0 Å². The van der Waals surface area contributed by atoms with Crippen LogP contribution in [0.25, 0.3) is 0 Å². The minimum absolute atomic E-state index is 0.167. The molecule has 1 aliphatic carbocycles. The fourth-order valence-electron chi connectivity index (χ4n) is 3.78. The first-order valence-electron chi connectivity index (χ1n) is 10.6. The van der Waals surface area contributed by atoms with Gasteiger partial charge in [-0.3, -0.25) is 14.4 Å². The minimum atomic E-state index is -0.995. The fraction of sp³-hybridized carbons (Fsp3) is 0.591. The minimum Gasteiger partial charge on any atom is -0.508 e. The normalized spacial score (nSPS) is 15.4. The molecule has 0 spiro atoms. The van der Waals surface area contributed by atoms with E-state index in [4.69, 9.17) is 5.73 Å². The van der Waals surface area contributed by atoms with Crippen molar-refractivity contribution >= 4 is 17.7 Å². The summed E-state index contributed by atoms with van der Waals surface area (Å²) in [5.41, 5.74) is 6.33. The van der Waals surface area contributed by atoms with E-state index in [-0.39, 0.29) is 24.0 Å². The molecule has 7 heteroatoms. The van der Waals surface area contributed by atoms with Gasteiger partial charge in [-0.1, -0.05) is 44.2 Å². The topological polar surface area (TPSA) is 122 Å². The maximum Gasteiger partial charge on any atom is 0.240 e. The van der Waals surface area contributed by atoms with Crippen LogP contribution in [0.15, 0.2) is 24.3 Å². The number of benzene rings is 1. The second-order valence-electron chi connectivity index (χ2n) is 7.89. The van der Waals surface area contributed by atoms with Gasteiger partial charge in [-0.05, 0) is 42.9 Å². The van der Waals surface area contributed by atoms with Crippen LogP contribution in [0.3, 0.4) is 0 Å². The molecular weight excluding hydrogens is 370 g/mol. The predicted octanol–water partition coefficient (Wildman–Crippen LogP) is 2.16. The van der Waals surface area contributed by atoms with E-state index >= 15 is 0 Å². The number of rotatable bonds is 11. The van der Waals surface area contributed by atoms with E-state index in [9.17, 15) is 19.5 Å². The van der Waals surface area contributed by atoms with Crippen molar-refractivity contribution in [1.29, 1.82) is 0 Å². The molecule has 2 rings (SSSR count). The Labute approximate surface area is 172 Å². The van der Waals surface area contributed by atoms with Crippen molar-refractivity contribution in [2.45, 2.75) is 70.3 Å². The standard InChI is InChI=1S/C22H33N3O4/c23-22(29)19(25-20(27)8-4-7-16-5-2-1-3-6-16)15-21(28)24-14-13-17-9-11-18(26)12-10-17/h9-12,16,19,26H,1-8,13-15H2,(H2,23,29)(H,24,28)(H,25,27). The van der Waals surface area contributed by atoms with Crippen molar-refractivity contribution in [1.82, 2.24) is 10.6 Å². The number of aromatic hydroxyl groups is 1. The summed E-state index contributed by atoms with van der Waals surface area (Å²) >= 11 is 0. The molecule has 1 saturated carbocycles. The van der Waals surface area contributed by atoms with Gasteiger partial charge in [-0.25, -0.2) is 0 Å². The zero-order valence-electron chi connectivity index (χ0n) is 17.0. The van der Waals surface area contributed by atoms with Crippen LogP contribution in [0.5, 0.6) is 5.75 Å². The van der Waals surface area contributed by atoms with E-state index in [1.54, 1.807) is 24.3 Å². The van der Waals surface area contributed by atoms with E-state index < -0.39 is 11.9 Å². The third kappa shape index (κ3) is 8.98. The maximum absolute atomic E-state index is 12.1. The Balaban J connectivity index is 1.66. The van der Waals surface area contributed by atoms with Gasteiger partial charge in [0.05, 0.1) is 6.42 Å². The summed E-state index contributed by atoms with van der Waals surface area (Å²) in [6.45, 7) is 0.393. The SMILES string of the molecule is NC(=O)C(CC(=O)NCCc1ccc(O)cc1)NC(=O)CCCC1CCCCC1. The molecule has 0 bridgehead atoms. The van der Waals surface area contributed by atoms with Crippen molar-refractivity contribution in [3.05, 3.63) is 29.8 Å². The molecule has 160 valence electrons. The highest BCUT2D eigenvalue weighted by molar-refractivity contribution is 5.91. The first-order valence-corrected chi connectivity index (χ1v) is 10.6. The van der Waals surface area contributed by atoms with Crippen molar-refractivity contribution < 1.29 is 19.5 Å². The molecule has 0 heterocycles. The Morgan fingerprint density at radius 1 is 1.07 bits per heavy atom. The molecule has 1 aromatic carbocycles. The monoisotopic (exact) mass is 403 g/mol. The van der Waals surface area contributed by atoms with E-state index in [0.29, 0.717) is 25.3 Å². The molecule has 0 aromatic heterocycles. The van der Waals surface area contributed by atoms with Crippen LogP contribution in [0.1, 0.15) is 63.4 Å². The smallest absolute Gasteiger partial charge is 0.240 e. The molecule has 0 radical (unpaired) electrons. The van der Waals surface area contributed by atoms with Crippen LogP contribution in [-0.4, -0.2) is 35.4 Å². The summed E-state index contributed by atoms with van der Waals surface area (Å²) in [4.78, 5) is 35.9. The summed E-state index contributed by atoms with van der Waals surface area (Å²) in [6, 6.07) is 5.74. The van der Waals surface area contributed by atoms with Crippen molar-refractivity contribution in [2.24, 2.45) is 11.7 Å².